The molecule has 0 unspecified atom stereocenters. The van der Waals surface area contributed by atoms with Gasteiger partial charge in [0.15, 0.2) is 11.6 Å². The second kappa shape index (κ2) is 8.31. The van der Waals surface area contributed by atoms with E-state index in [4.69, 9.17) is 9.47 Å². The van der Waals surface area contributed by atoms with Gasteiger partial charge in [-0.25, -0.2) is 4.68 Å². The van der Waals surface area contributed by atoms with Crippen molar-refractivity contribution in [3.8, 4) is 11.5 Å². The first-order chi connectivity index (χ1) is 12.6. The highest BCUT2D eigenvalue weighted by molar-refractivity contribution is 14.1. The van der Waals surface area contributed by atoms with Crippen molar-refractivity contribution in [2.24, 2.45) is 5.10 Å². The fourth-order valence-corrected chi connectivity index (χ4v) is 2.80. The van der Waals surface area contributed by atoms with Crippen LogP contribution in [0.1, 0.15) is 22.8 Å². The van der Waals surface area contributed by atoms with E-state index in [0.717, 1.165) is 34.3 Å². The maximum Gasteiger partial charge on any atom is 0.151 e. The van der Waals surface area contributed by atoms with Gasteiger partial charge in [0.1, 0.15) is 18.1 Å². The molecule has 3 rings (SSSR count). The largest absolute Gasteiger partial charge is 0.496 e. The molecule has 0 bridgehead atoms. The lowest BCUT2D eigenvalue weighted by molar-refractivity contribution is 0.296. The van der Waals surface area contributed by atoms with Gasteiger partial charge in [-0.3, -0.25) is 0 Å². The minimum Gasteiger partial charge on any atom is -0.496 e. The standard InChI is InChI=1S/C19H19IN4O2/c1-13-22-23-14(2)24(13)21-11-15-4-9-19(25-3)16(10-15)12-26-18-7-5-17(20)6-8-18/h4-11H,12H2,1-3H3/b21-11-. The minimum atomic E-state index is 0.413. The molecule has 0 fully saturated rings. The highest BCUT2D eigenvalue weighted by atomic mass is 127. The Balaban J connectivity index is 1.78. The summed E-state index contributed by atoms with van der Waals surface area (Å²) in [6, 6.07) is 13.8. The van der Waals surface area contributed by atoms with Crippen molar-refractivity contribution in [2.45, 2.75) is 20.5 Å². The molecule has 0 radical (unpaired) electrons. The zero-order valence-corrected chi connectivity index (χ0v) is 17.0. The third-order valence-electron chi connectivity index (χ3n) is 3.79. The number of aromatic nitrogens is 3. The molecule has 134 valence electrons. The molecule has 0 spiro atoms. The van der Waals surface area contributed by atoms with E-state index in [0.29, 0.717) is 6.61 Å². The molecule has 26 heavy (non-hydrogen) atoms. The van der Waals surface area contributed by atoms with Crippen LogP contribution in [0.25, 0.3) is 0 Å². The van der Waals surface area contributed by atoms with E-state index in [9.17, 15) is 0 Å². The third-order valence-corrected chi connectivity index (χ3v) is 4.51. The van der Waals surface area contributed by atoms with Crippen LogP contribution in [-0.4, -0.2) is 28.2 Å². The molecule has 0 aliphatic rings. The monoisotopic (exact) mass is 462 g/mol. The van der Waals surface area contributed by atoms with E-state index in [-0.39, 0.29) is 0 Å². The van der Waals surface area contributed by atoms with Gasteiger partial charge in [-0.05, 0) is 84.5 Å². The fraction of sp³-hybridized carbons (Fsp3) is 0.211. The normalized spacial score (nSPS) is 11.1. The summed E-state index contributed by atoms with van der Waals surface area (Å²) in [5.41, 5.74) is 1.90. The third kappa shape index (κ3) is 4.40. The van der Waals surface area contributed by atoms with Crippen LogP contribution in [0.3, 0.4) is 0 Å². The molecular formula is C19H19IN4O2. The number of nitrogens with zero attached hydrogens (tertiary/aromatic N) is 4. The molecule has 0 atom stereocenters. The predicted molar refractivity (Wildman–Crippen MR) is 109 cm³/mol. The Labute approximate surface area is 166 Å². The van der Waals surface area contributed by atoms with Gasteiger partial charge in [-0.2, -0.15) is 5.10 Å². The zero-order valence-electron chi connectivity index (χ0n) is 14.8. The highest BCUT2D eigenvalue weighted by Crippen LogP contribution is 2.22. The van der Waals surface area contributed by atoms with E-state index < -0.39 is 0 Å². The Morgan fingerprint density at radius 1 is 1.08 bits per heavy atom. The molecule has 7 heteroatoms. The Morgan fingerprint density at radius 2 is 1.77 bits per heavy atom. The summed E-state index contributed by atoms with van der Waals surface area (Å²) in [5.74, 6) is 3.09. The van der Waals surface area contributed by atoms with E-state index in [1.54, 1.807) is 18.0 Å². The van der Waals surface area contributed by atoms with E-state index >= 15 is 0 Å². The van der Waals surface area contributed by atoms with Gasteiger partial charge in [-0.1, -0.05) is 0 Å². The second-order valence-electron chi connectivity index (χ2n) is 5.66. The molecule has 0 amide bonds. The summed E-state index contributed by atoms with van der Waals surface area (Å²) in [4.78, 5) is 0. The summed E-state index contributed by atoms with van der Waals surface area (Å²) < 4.78 is 14.2. The Kier molecular flexibility index (Phi) is 5.87. The molecule has 0 saturated carbocycles. The van der Waals surface area contributed by atoms with Gasteiger partial charge >= 0.3 is 0 Å². The molecule has 0 aliphatic carbocycles. The zero-order chi connectivity index (χ0) is 18.5. The van der Waals surface area contributed by atoms with E-state index in [2.05, 4.69) is 37.9 Å². The molecule has 1 aromatic heterocycles. The van der Waals surface area contributed by atoms with Crippen molar-refractivity contribution >= 4 is 28.8 Å². The van der Waals surface area contributed by atoms with Crippen LogP contribution in [0.5, 0.6) is 11.5 Å². The van der Waals surface area contributed by atoms with E-state index in [1.807, 2.05) is 56.3 Å². The number of halogens is 1. The fourth-order valence-electron chi connectivity index (χ4n) is 2.44. The van der Waals surface area contributed by atoms with Gasteiger partial charge in [0.05, 0.1) is 13.3 Å². The van der Waals surface area contributed by atoms with Gasteiger partial charge in [-0.15, -0.1) is 10.2 Å². The van der Waals surface area contributed by atoms with Crippen LogP contribution in [0, 0.1) is 17.4 Å². The highest BCUT2D eigenvalue weighted by Gasteiger charge is 2.06. The SMILES string of the molecule is COc1ccc(/C=N\n2c(C)nnc2C)cc1COc1ccc(I)cc1. The van der Waals surface area contributed by atoms with E-state index in [1.165, 1.54) is 3.57 Å². The van der Waals surface area contributed by atoms with Crippen LogP contribution in [-0.2, 0) is 6.61 Å². The number of rotatable bonds is 6. The first-order valence-electron chi connectivity index (χ1n) is 8.05. The van der Waals surface area contributed by atoms with Crippen LogP contribution in [0.2, 0.25) is 0 Å². The number of methoxy groups -OCH3 is 1. The summed E-state index contributed by atoms with van der Waals surface area (Å²) in [5, 5.41) is 12.4. The number of hydrogen-bond acceptors (Lipinski definition) is 5. The quantitative estimate of drug-likeness (QED) is 0.411. The lowest BCUT2D eigenvalue weighted by atomic mass is 10.1. The molecule has 3 aromatic rings. The number of aryl methyl sites for hydroxylation is 2. The van der Waals surface area contributed by atoms with Crippen molar-refractivity contribution in [2.75, 3.05) is 7.11 Å². The summed E-state index contributed by atoms with van der Waals surface area (Å²) in [6.07, 6.45) is 1.77. The number of benzene rings is 2. The summed E-state index contributed by atoms with van der Waals surface area (Å²) in [7, 11) is 1.65. The van der Waals surface area contributed by atoms with Crippen LogP contribution in [0.4, 0.5) is 0 Å². The molecule has 1 heterocycles. The second-order valence-corrected chi connectivity index (χ2v) is 6.91. The first-order valence-corrected chi connectivity index (χ1v) is 9.13. The predicted octanol–water partition coefficient (Wildman–Crippen LogP) is 3.97. The maximum absolute atomic E-state index is 5.88. The molecule has 6 nitrogen and oxygen atoms in total. The lowest BCUT2D eigenvalue weighted by Gasteiger charge is -2.11. The molecule has 0 N–H and O–H groups in total. The van der Waals surface area contributed by atoms with Gasteiger partial charge in [0.2, 0.25) is 0 Å². The topological polar surface area (TPSA) is 61.5 Å². The molecule has 2 aromatic carbocycles. The summed E-state index contributed by atoms with van der Waals surface area (Å²) in [6.45, 7) is 4.15. The average molecular weight is 462 g/mol. The average Bonchev–Trinajstić information content (AvgIpc) is 2.97. The van der Waals surface area contributed by atoms with Crippen molar-refractivity contribution in [1.82, 2.24) is 14.9 Å². The maximum atomic E-state index is 5.88. The van der Waals surface area contributed by atoms with Crippen molar-refractivity contribution in [3.05, 3.63) is 68.8 Å². The van der Waals surface area contributed by atoms with Crippen molar-refractivity contribution < 1.29 is 9.47 Å². The van der Waals surface area contributed by atoms with Crippen LogP contribution < -0.4 is 9.47 Å². The molecular weight excluding hydrogens is 443 g/mol. The van der Waals surface area contributed by atoms with Crippen molar-refractivity contribution in [3.63, 3.8) is 0 Å². The number of hydrogen-bond donors (Lipinski definition) is 0. The first kappa shape index (κ1) is 18.4. The smallest absolute Gasteiger partial charge is 0.151 e. The van der Waals surface area contributed by atoms with Gasteiger partial charge in [0.25, 0.3) is 0 Å². The van der Waals surface area contributed by atoms with Crippen LogP contribution >= 0.6 is 22.6 Å². The van der Waals surface area contributed by atoms with Crippen molar-refractivity contribution in [1.29, 1.82) is 0 Å². The van der Waals surface area contributed by atoms with Gasteiger partial charge < -0.3 is 9.47 Å². The Bertz CT molecular complexity index is 900. The Morgan fingerprint density at radius 3 is 2.42 bits per heavy atom. The summed E-state index contributed by atoms with van der Waals surface area (Å²) >= 11 is 2.27. The van der Waals surface area contributed by atoms with Crippen LogP contribution in [0.15, 0.2) is 47.6 Å². The molecule has 0 aliphatic heterocycles. The number of ether oxygens (including phenoxy) is 2. The minimum absolute atomic E-state index is 0.413. The lowest BCUT2D eigenvalue weighted by Crippen LogP contribution is -2.01. The van der Waals surface area contributed by atoms with Gasteiger partial charge in [0, 0.05) is 9.13 Å². The molecule has 0 saturated heterocycles. The Hall–Kier alpha value is -2.42.